The predicted octanol–water partition coefficient (Wildman–Crippen LogP) is 3.62. The van der Waals surface area contributed by atoms with Gasteiger partial charge in [0.15, 0.2) is 5.96 Å². The van der Waals surface area contributed by atoms with Gasteiger partial charge in [-0.15, -0.1) is 11.3 Å². The maximum Gasteiger partial charge on any atom is 0.191 e. The summed E-state index contributed by atoms with van der Waals surface area (Å²) in [5.41, 5.74) is 0.375. The molecule has 4 aliphatic rings. The Hall–Kier alpha value is -1.27. The Labute approximate surface area is 172 Å². The van der Waals surface area contributed by atoms with Crippen molar-refractivity contribution in [2.45, 2.75) is 70.1 Å². The Morgan fingerprint density at radius 3 is 2.79 bits per heavy atom. The predicted molar refractivity (Wildman–Crippen MR) is 116 cm³/mol. The van der Waals surface area contributed by atoms with Gasteiger partial charge in [0, 0.05) is 49.7 Å². The van der Waals surface area contributed by atoms with E-state index in [2.05, 4.69) is 40.0 Å². The van der Waals surface area contributed by atoms with Crippen LogP contribution in [-0.2, 0) is 4.74 Å². The maximum absolute atomic E-state index is 6.15. The molecule has 2 saturated carbocycles. The lowest BCUT2D eigenvalue weighted by Crippen LogP contribution is -2.69. The minimum atomic E-state index is 0.375. The van der Waals surface area contributed by atoms with E-state index < -0.39 is 0 Å². The number of anilines is 1. The number of hydrogen-bond acceptors (Lipinski definition) is 4. The highest BCUT2D eigenvalue weighted by molar-refractivity contribution is 7.14. The minimum Gasteiger partial charge on any atom is -0.377 e. The Morgan fingerprint density at radius 2 is 2.07 bits per heavy atom. The summed E-state index contributed by atoms with van der Waals surface area (Å²) in [6.45, 7) is 6.17. The molecule has 1 spiro atoms. The third-order valence-electron chi connectivity index (χ3n) is 7.55. The first-order chi connectivity index (χ1) is 13.8. The van der Waals surface area contributed by atoms with Crippen molar-refractivity contribution in [1.82, 2.24) is 10.6 Å². The van der Waals surface area contributed by atoms with E-state index in [1.54, 1.807) is 0 Å². The van der Waals surface area contributed by atoms with Crippen molar-refractivity contribution >= 4 is 22.3 Å². The highest BCUT2D eigenvalue weighted by Gasteiger charge is 2.65. The van der Waals surface area contributed by atoms with Crippen LogP contribution in [0, 0.1) is 11.3 Å². The summed E-state index contributed by atoms with van der Waals surface area (Å²) < 4.78 is 6.15. The Morgan fingerprint density at radius 1 is 1.25 bits per heavy atom. The van der Waals surface area contributed by atoms with Gasteiger partial charge in [-0.1, -0.05) is 12.8 Å². The van der Waals surface area contributed by atoms with Gasteiger partial charge in [-0.05, 0) is 56.5 Å². The first kappa shape index (κ1) is 18.7. The number of ether oxygens (including phenoxy) is 1. The van der Waals surface area contributed by atoms with Crippen LogP contribution in [0.2, 0.25) is 0 Å². The van der Waals surface area contributed by atoms with Crippen LogP contribution in [0.25, 0.3) is 0 Å². The second-order valence-corrected chi connectivity index (χ2v) is 9.91. The largest absolute Gasteiger partial charge is 0.377 e. The first-order valence-corrected chi connectivity index (χ1v) is 12.2. The highest BCUT2D eigenvalue weighted by Crippen LogP contribution is 2.60. The third kappa shape index (κ3) is 3.22. The molecule has 0 bridgehead atoms. The van der Waals surface area contributed by atoms with Crippen LogP contribution in [0.1, 0.15) is 51.9 Å². The molecule has 0 aromatic carbocycles. The fourth-order valence-corrected chi connectivity index (χ4v) is 7.02. The molecular weight excluding hydrogens is 368 g/mol. The summed E-state index contributed by atoms with van der Waals surface area (Å²) >= 11 is 1.85. The number of rotatable bonds is 4. The van der Waals surface area contributed by atoms with Crippen LogP contribution in [0.15, 0.2) is 22.5 Å². The van der Waals surface area contributed by atoms with Gasteiger partial charge >= 0.3 is 0 Å². The van der Waals surface area contributed by atoms with Crippen molar-refractivity contribution in [3.63, 3.8) is 0 Å². The zero-order chi connectivity index (χ0) is 19.0. The van der Waals surface area contributed by atoms with Crippen LogP contribution < -0.4 is 15.5 Å². The smallest absolute Gasteiger partial charge is 0.191 e. The van der Waals surface area contributed by atoms with E-state index in [4.69, 9.17) is 9.73 Å². The number of aliphatic imine (C=N–C) groups is 1. The molecule has 154 valence electrons. The molecule has 3 atom stereocenters. The molecule has 1 aromatic heterocycles. The standard InChI is InChI=1S/C22H34N4OS/c1-2-23-21(24-16-7-12-26(13-8-16)18-6-5-15-28-18)25-19-17-9-14-27-20(17)22(19)10-3-4-11-22/h5-6,15-17,19-20H,2-4,7-14H2,1H3,(H2,23,24,25). The lowest BCUT2D eigenvalue weighted by atomic mass is 9.54. The van der Waals surface area contributed by atoms with E-state index in [0.717, 1.165) is 32.2 Å². The monoisotopic (exact) mass is 402 g/mol. The van der Waals surface area contributed by atoms with Crippen LogP contribution in [0.3, 0.4) is 0 Å². The number of guanidine groups is 1. The van der Waals surface area contributed by atoms with Crippen LogP contribution in [-0.4, -0.2) is 50.4 Å². The van der Waals surface area contributed by atoms with Gasteiger partial charge in [-0.3, -0.25) is 4.99 Å². The normalized spacial score (nSPS) is 32.4. The van der Waals surface area contributed by atoms with Crippen LogP contribution in [0.5, 0.6) is 0 Å². The summed E-state index contributed by atoms with van der Waals surface area (Å²) in [4.78, 5) is 7.34. The molecule has 2 aliphatic heterocycles. The Kier molecular flexibility index (Phi) is 5.26. The van der Waals surface area contributed by atoms with Gasteiger partial charge < -0.3 is 20.3 Å². The average Bonchev–Trinajstić information content (AvgIpc) is 3.48. The first-order valence-electron chi connectivity index (χ1n) is 11.3. The topological polar surface area (TPSA) is 48.9 Å². The molecule has 2 aliphatic carbocycles. The second-order valence-electron chi connectivity index (χ2n) is 8.99. The van der Waals surface area contributed by atoms with Crippen LogP contribution in [0.4, 0.5) is 5.00 Å². The van der Waals surface area contributed by atoms with E-state index in [1.807, 2.05) is 11.3 Å². The summed E-state index contributed by atoms with van der Waals surface area (Å²) in [6, 6.07) is 5.45. The quantitative estimate of drug-likeness (QED) is 0.597. The zero-order valence-corrected chi connectivity index (χ0v) is 17.8. The number of nitrogens with one attached hydrogen (secondary N) is 2. The molecule has 6 heteroatoms. The fraction of sp³-hybridized carbons (Fsp3) is 0.773. The lowest BCUT2D eigenvalue weighted by molar-refractivity contribution is -0.125. The van der Waals surface area contributed by atoms with E-state index >= 15 is 0 Å². The van der Waals surface area contributed by atoms with Crippen molar-refractivity contribution in [3.8, 4) is 0 Å². The van der Waals surface area contributed by atoms with Gasteiger partial charge in [0.2, 0.25) is 0 Å². The van der Waals surface area contributed by atoms with Gasteiger partial charge in [0.1, 0.15) is 0 Å². The minimum absolute atomic E-state index is 0.375. The number of piperidine rings is 1. The van der Waals surface area contributed by atoms with E-state index in [9.17, 15) is 0 Å². The number of nitrogens with zero attached hydrogens (tertiary/aromatic N) is 2. The van der Waals surface area contributed by atoms with E-state index in [1.165, 1.54) is 49.9 Å². The van der Waals surface area contributed by atoms with Crippen molar-refractivity contribution in [2.75, 3.05) is 31.1 Å². The number of fused-ring (bicyclic) bond motifs is 2. The van der Waals surface area contributed by atoms with Crippen molar-refractivity contribution < 1.29 is 4.74 Å². The summed E-state index contributed by atoms with van der Waals surface area (Å²) in [5.74, 6) is 1.72. The molecule has 5 rings (SSSR count). The lowest BCUT2D eigenvalue weighted by Gasteiger charge is -2.57. The molecule has 5 nitrogen and oxygen atoms in total. The fourth-order valence-electron chi connectivity index (χ4n) is 6.23. The van der Waals surface area contributed by atoms with E-state index in [0.29, 0.717) is 29.5 Å². The van der Waals surface area contributed by atoms with Gasteiger partial charge in [0.25, 0.3) is 0 Å². The molecule has 1 aromatic rings. The molecule has 28 heavy (non-hydrogen) atoms. The van der Waals surface area contributed by atoms with Crippen molar-refractivity contribution in [3.05, 3.63) is 17.5 Å². The summed E-state index contributed by atoms with van der Waals surface area (Å²) in [7, 11) is 0. The van der Waals surface area contributed by atoms with Gasteiger partial charge in [0.05, 0.1) is 11.1 Å². The van der Waals surface area contributed by atoms with Crippen molar-refractivity contribution in [2.24, 2.45) is 16.3 Å². The van der Waals surface area contributed by atoms with Gasteiger partial charge in [-0.25, -0.2) is 0 Å². The molecule has 0 radical (unpaired) electrons. The Bertz CT molecular complexity index is 677. The molecule has 2 saturated heterocycles. The average molecular weight is 403 g/mol. The highest BCUT2D eigenvalue weighted by atomic mass is 32.1. The summed E-state index contributed by atoms with van der Waals surface area (Å²) in [6.07, 6.45) is 9.43. The van der Waals surface area contributed by atoms with Crippen molar-refractivity contribution in [1.29, 1.82) is 0 Å². The molecule has 3 unspecified atom stereocenters. The second kappa shape index (κ2) is 7.86. The summed E-state index contributed by atoms with van der Waals surface area (Å²) in [5, 5.41) is 11.3. The zero-order valence-electron chi connectivity index (χ0n) is 17.0. The van der Waals surface area contributed by atoms with Gasteiger partial charge in [-0.2, -0.15) is 0 Å². The number of hydrogen-bond donors (Lipinski definition) is 2. The van der Waals surface area contributed by atoms with Crippen LogP contribution >= 0.6 is 11.3 Å². The Balaban J connectivity index is 1.21. The molecule has 2 N–H and O–H groups in total. The number of thiophene rings is 1. The van der Waals surface area contributed by atoms with E-state index in [-0.39, 0.29) is 0 Å². The molecule has 3 heterocycles. The molecule has 4 fully saturated rings. The third-order valence-corrected chi connectivity index (χ3v) is 8.48. The maximum atomic E-state index is 6.15. The molecular formula is C22H34N4OS. The molecule has 0 amide bonds. The SMILES string of the molecule is CCN=C(NC1CCN(c2cccs2)CC1)NC1C2CCOC2C12CCCC2.